The number of carbonyl (C=O) groups is 1. The molecule has 0 spiro atoms. The van der Waals surface area contributed by atoms with Gasteiger partial charge in [0.15, 0.2) is 5.78 Å². The van der Waals surface area contributed by atoms with Gasteiger partial charge in [0.05, 0.1) is 0 Å². The average Bonchev–Trinajstić information content (AvgIpc) is 3.13. The molecule has 20 heavy (non-hydrogen) atoms. The number of aromatic nitrogens is 1. The summed E-state index contributed by atoms with van der Waals surface area (Å²) in [6.45, 7) is 4.89. The first-order valence-electron chi connectivity index (χ1n) is 7.73. The number of fused-ring (bicyclic) bond motifs is 1. The van der Waals surface area contributed by atoms with Crippen LogP contribution in [-0.4, -0.2) is 30.4 Å². The van der Waals surface area contributed by atoms with Crippen molar-refractivity contribution < 1.29 is 4.79 Å². The molecule has 2 aliphatic rings. The van der Waals surface area contributed by atoms with E-state index in [2.05, 4.69) is 28.6 Å². The van der Waals surface area contributed by atoms with E-state index in [1.165, 1.54) is 5.56 Å². The summed E-state index contributed by atoms with van der Waals surface area (Å²) in [7, 11) is 0. The number of rotatable bonds is 5. The molecule has 0 radical (unpaired) electrons. The highest BCUT2D eigenvalue weighted by Crippen LogP contribution is 2.36. The number of nitrogens with zero attached hydrogens (tertiary/aromatic N) is 1. The normalized spacial score (nSPS) is 24.4. The molecule has 0 saturated carbocycles. The van der Waals surface area contributed by atoms with Crippen LogP contribution < -0.4 is 10.6 Å². The van der Waals surface area contributed by atoms with Crippen LogP contribution in [0.25, 0.3) is 0 Å². The van der Waals surface area contributed by atoms with Gasteiger partial charge in [-0.05, 0) is 37.4 Å². The van der Waals surface area contributed by atoms with Crippen molar-refractivity contribution in [3.8, 4) is 0 Å². The molecule has 3 heterocycles. The Bertz CT molecular complexity index is 506. The Balaban J connectivity index is 1.86. The van der Waals surface area contributed by atoms with E-state index in [4.69, 9.17) is 0 Å². The van der Waals surface area contributed by atoms with E-state index in [0.717, 1.165) is 63.1 Å². The second-order valence-corrected chi connectivity index (χ2v) is 6.05. The molecule has 3 rings (SSSR count). The van der Waals surface area contributed by atoms with Gasteiger partial charge in [-0.3, -0.25) is 4.79 Å². The summed E-state index contributed by atoms with van der Waals surface area (Å²) >= 11 is 0. The third-order valence-corrected chi connectivity index (χ3v) is 4.65. The number of hydrogen-bond acceptors (Lipinski definition) is 4. The van der Waals surface area contributed by atoms with Gasteiger partial charge in [-0.1, -0.05) is 19.8 Å². The number of Topliss-reactive ketones (excluding diaryl/α,β-unsaturated/α-hetero) is 1. The zero-order chi connectivity index (χ0) is 14.0. The van der Waals surface area contributed by atoms with Crippen LogP contribution in [0, 0.1) is 5.41 Å². The first-order chi connectivity index (χ1) is 9.75. The molecule has 2 N–H and O–H groups in total. The zero-order valence-corrected chi connectivity index (χ0v) is 12.2. The lowest BCUT2D eigenvalue weighted by Gasteiger charge is -2.26. The summed E-state index contributed by atoms with van der Waals surface area (Å²) in [5, 5.41) is 6.62. The van der Waals surface area contributed by atoms with Crippen LogP contribution in [-0.2, 0) is 6.42 Å². The topological polar surface area (TPSA) is 54.0 Å². The van der Waals surface area contributed by atoms with Gasteiger partial charge in [-0.2, -0.15) is 0 Å². The van der Waals surface area contributed by atoms with Crippen molar-refractivity contribution >= 4 is 11.6 Å². The lowest BCUT2D eigenvalue weighted by atomic mass is 9.75. The first kappa shape index (κ1) is 13.6. The van der Waals surface area contributed by atoms with Gasteiger partial charge in [-0.15, -0.1) is 0 Å². The molecule has 1 aromatic heterocycles. The Morgan fingerprint density at radius 1 is 1.45 bits per heavy atom. The van der Waals surface area contributed by atoms with Crippen LogP contribution in [0.15, 0.2) is 12.3 Å². The highest BCUT2D eigenvalue weighted by Gasteiger charge is 2.41. The smallest absolute Gasteiger partial charge is 0.171 e. The van der Waals surface area contributed by atoms with Crippen molar-refractivity contribution in [2.24, 2.45) is 5.41 Å². The second kappa shape index (κ2) is 5.52. The molecule has 1 aromatic rings. The summed E-state index contributed by atoms with van der Waals surface area (Å²) in [5.41, 5.74) is 1.79. The molecule has 0 bridgehead atoms. The number of carbonyl (C=O) groups excluding carboxylic acids is 1. The molecule has 1 atom stereocenters. The molecule has 0 aromatic carbocycles. The van der Waals surface area contributed by atoms with E-state index in [1.54, 1.807) is 6.20 Å². The lowest BCUT2D eigenvalue weighted by Crippen LogP contribution is -2.33. The predicted molar refractivity (Wildman–Crippen MR) is 80.2 cm³/mol. The zero-order valence-electron chi connectivity index (χ0n) is 12.2. The van der Waals surface area contributed by atoms with Gasteiger partial charge in [0.1, 0.15) is 5.82 Å². The fourth-order valence-electron chi connectivity index (χ4n) is 3.39. The molecule has 108 valence electrons. The van der Waals surface area contributed by atoms with Crippen LogP contribution in [0.5, 0.6) is 0 Å². The molecule has 2 aliphatic heterocycles. The summed E-state index contributed by atoms with van der Waals surface area (Å²) < 4.78 is 0. The molecule has 1 saturated heterocycles. The summed E-state index contributed by atoms with van der Waals surface area (Å²) in [5.74, 6) is 1.24. The SMILES string of the molecule is CCCCC1(C(=O)c2cnc3c(c2)CCN3)CCNC1. The van der Waals surface area contributed by atoms with Crippen LogP contribution in [0.4, 0.5) is 5.82 Å². The van der Waals surface area contributed by atoms with Gasteiger partial charge in [0.2, 0.25) is 0 Å². The molecule has 0 aliphatic carbocycles. The van der Waals surface area contributed by atoms with Gasteiger partial charge in [-0.25, -0.2) is 4.98 Å². The monoisotopic (exact) mass is 273 g/mol. The molecule has 0 amide bonds. The van der Waals surface area contributed by atoms with Crippen LogP contribution >= 0.6 is 0 Å². The first-order valence-corrected chi connectivity index (χ1v) is 7.73. The maximum Gasteiger partial charge on any atom is 0.171 e. The summed E-state index contributed by atoms with van der Waals surface area (Å²) in [6, 6.07) is 2.05. The minimum Gasteiger partial charge on any atom is -0.370 e. The Kier molecular flexibility index (Phi) is 3.74. The Morgan fingerprint density at radius 2 is 2.35 bits per heavy atom. The third-order valence-electron chi connectivity index (χ3n) is 4.65. The Labute approximate surface area is 120 Å². The van der Waals surface area contributed by atoms with E-state index in [-0.39, 0.29) is 11.2 Å². The lowest BCUT2D eigenvalue weighted by molar-refractivity contribution is 0.0799. The highest BCUT2D eigenvalue weighted by atomic mass is 16.1. The van der Waals surface area contributed by atoms with Crippen molar-refractivity contribution in [1.29, 1.82) is 0 Å². The van der Waals surface area contributed by atoms with E-state index in [1.807, 2.05) is 0 Å². The minimum atomic E-state index is -0.196. The Hall–Kier alpha value is -1.42. The summed E-state index contributed by atoms with van der Waals surface area (Å²) in [4.78, 5) is 17.4. The van der Waals surface area contributed by atoms with Crippen molar-refractivity contribution in [1.82, 2.24) is 10.3 Å². The van der Waals surface area contributed by atoms with Crippen LogP contribution in [0.1, 0.15) is 48.5 Å². The highest BCUT2D eigenvalue weighted by molar-refractivity contribution is 6.01. The standard InChI is InChI=1S/C16H23N3O/c1-2-3-5-16(6-8-17-11-16)14(20)13-9-12-4-7-18-15(12)19-10-13/h9-10,17H,2-8,11H2,1H3,(H,18,19). The summed E-state index contributed by atoms with van der Waals surface area (Å²) in [6.07, 6.45) is 6.94. The van der Waals surface area contributed by atoms with Crippen molar-refractivity contribution in [2.45, 2.75) is 39.0 Å². The largest absolute Gasteiger partial charge is 0.370 e. The van der Waals surface area contributed by atoms with Crippen molar-refractivity contribution in [2.75, 3.05) is 25.0 Å². The quantitative estimate of drug-likeness (QED) is 0.809. The molecule has 1 fully saturated rings. The van der Waals surface area contributed by atoms with E-state index < -0.39 is 0 Å². The molecule has 4 heteroatoms. The number of pyridine rings is 1. The maximum atomic E-state index is 13.0. The van der Waals surface area contributed by atoms with Crippen LogP contribution in [0.2, 0.25) is 0 Å². The number of unbranched alkanes of at least 4 members (excludes halogenated alkanes) is 1. The number of ketones is 1. The fourth-order valence-corrected chi connectivity index (χ4v) is 3.39. The maximum absolute atomic E-state index is 13.0. The minimum absolute atomic E-state index is 0.196. The molecular weight excluding hydrogens is 250 g/mol. The predicted octanol–water partition coefficient (Wildman–Crippen LogP) is 2.40. The average molecular weight is 273 g/mol. The Morgan fingerprint density at radius 3 is 3.10 bits per heavy atom. The van der Waals surface area contributed by atoms with Gasteiger partial charge < -0.3 is 10.6 Å². The number of anilines is 1. The molecule has 4 nitrogen and oxygen atoms in total. The molecular formula is C16H23N3O. The number of hydrogen-bond donors (Lipinski definition) is 2. The number of nitrogens with one attached hydrogen (secondary N) is 2. The molecule has 1 unspecified atom stereocenters. The fraction of sp³-hybridized carbons (Fsp3) is 0.625. The van der Waals surface area contributed by atoms with Gasteiger partial charge >= 0.3 is 0 Å². The van der Waals surface area contributed by atoms with E-state index in [0.29, 0.717) is 0 Å². The van der Waals surface area contributed by atoms with E-state index in [9.17, 15) is 4.79 Å². The third kappa shape index (κ3) is 2.33. The van der Waals surface area contributed by atoms with Crippen LogP contribution in [0.3, 0.4) is 0 Å². The van der Waals surface area contributed by atoms with Gasteiger partial charge in [0.25, 0.3) is 0 Å². The van der Waals surface area contributed by atoms with Crippen molar-refractivity contribution in [3.63, 3.8) is 0 Å². The van der Waals surface area contributed by atoms with Gasteiger partial charge in [0, 0.05) is 30.3 Å². The van der Waals surface area contributed by atoms with E-state index >= 15 is 0 Å². The second-order valence-electron chi connectivity index (χ2n) is 6.05. The van der Waals surface area contributed by atoms with Crippen molar-refractivity contribution in [3.05, 3.63) is 23.4 Å².